The first-order valence-electron chi connectivity index (χ1n) is 6.70. The van der Waals surface area contributed by atoms with Crippen molar-refractivity contribution in [1.82, 2.24) is 4.98 Å². The second-order valence-electron chi connectivity index (χ2n) is 5.16. The average molecular weight is 252 g/mol. The van der Waals surface area contributed by atoms with Gasteiger partial charge >= 0.3 is 0 Å². The molecule has 4 heteroatoms. The molecule has 2 aliphatic rings. The smallest absolute Gasteiger partial charge is 0.186 e. The fourth-order valence-corrected chi connectivity index (χ4v) is 3.43. The van der Waals surface area contributed by atoms with Crippen molar-refractivity contribution in [3.8, 4) is 0 Å². The second-order valence-corrected chi connectivity index (χ2v) is 6.22. The highest BCUT2D eigenvalue weighted by Gasteiger charge is 2.34. The molecule has 17 heavy (non-hydrogen) atoms. The number of thiazole rings is 1. The molecule has 1 N–H and O–H groups in total. The molecule has 0 aliphatic heterocycles. The number of anilines is 1. The zero-order chi connectivity index (χ0) is 11.8. The highest BCUT2D eigenvalue weighted by atomic mass is 32.1. The molecule has 0 aromatic carbocycles. The van der Waals surface area contributed by atoms with Crippen LogP contribution in [0.3, 0.4) is 0 Å². The van der Waals surface area contributed by atoms with Crippen LogP contribution in [0.5, 0.6) is 0 Å². The van der Waals surface area contributed by atoms with Gasteiger partial charge in [-0.15, -0.1) is 0 Å². The van der Waals surface area contributed by atoms with Gasteiger partial charge in [-0.3, -0.25) is 0 Å². The van der Waals surface area contributed by atoms with Gasteiger partial charge in [0.25, 0.3) is 0 Å². The number of aromatic nitrogens is 1. The van der Waals surface area contributed by atoms with Crippen molar-refractivity contribution in [2.45, 2.75) is 57.6 Å². The van der Waals surface area contributed by atoms with Crippen LogP contribution in [0.2, 0.25) is 0 Å². The van der Waals surface area contributed by atoms with Crippen LogP contribution in [-0.4, -0.2) is 22.7 Å². The summed E-state index contributed by atoms with van der Waals surface area (Å²) in [5, 5.41) is 10.6. The molecule has 0 bridgehead atoms. The van der Waals surface area contributed by atoms with Gasteiger partial charge in [0.15, 0.2) is 5.13 Å². The molecule has 1 aromatic rings. The molecule has 0 radical (unpaired) electrons. The summed E-state index contributed by atoms with van der Waals surface area (Å²) in [6.45, 7) is 3.49. The zero-order valence-corrected chi connectivity index (χ0v) is 11.2. The van der Waals surface area contributed by atoms with E-state index in [2.05, 4.69) is 11.8 Å². The summed E-state index contributed by atoms with van der Waals surface area (Å²) in [5.74, 6) is 0.643. The molecule has 2 fully saturated rings. The molecule has 0 atom stereocenters. The van der Waals surface area contributed by atoms with Crippen molar-refractivity contribution < 1.29 is 5.11 Å². The van der Waals surface area contributed by atoms with Crippen molar-refractivity contribution in [2.24, 2.45) is 0 Å². The highest BCUT2D eigenvalue weighted by Crippen LogP contribution is 2.45. The van der Waals surface area contributed by atoms with Gasteiger partial charge in [-0.25, -0.2) is 4.98 Å². The van der Waals surface area contributed by atoms with Gasteiger partial charge in [-0.05, 0) is 32.1 Å². The molecular formula is C13H20N2OS. The molecule has 0 spiro atoms. The Balaban J connectivity index is 1.84. The van der Waals surface area contributed by atoms with Gasteiger partial charge in [0, 0.05) is 18.5 Å². The summed E-state index contributed by atoms with van der Waals surface area (Å²) >= 11 is 1.71. The molecule has 3 nitrogen and oxygen atoms in total. The Morgan fingerprint density at radius 3 is 2.65 bits per heavy atom. The van der Waals surface area contributed by atoms with E-state index in [-0.39, 0.29) is 6.61 Å². The SMILES string of the molecule is CCCN(c1nc(C2CC2)c(CO)s1)C1CC1. The van der Waals surface area contributed by atoms with Gasteiger partial charge in [0.2, 0.25) is 0 Å². The fourth-order valence-electron chi connectivity index (χ4n) is 2.32. The van der Waals surface area contributed by atoms with Crippen LogP contribution < -0.4 is 4.90 Å². The Labute approximate surface area is 106 Å². The van der Waals surface area contributed by atoms with Gasteiger partial charge in [0.1, 0.15) is 0 Å². The van der Waals surface area contributed by atoms with E-state index in [0.29, 0.717) is 5.92 Å². The van der Waals surface area contributed by atoms with E-state index >= 15 is 0 Å². The lowest BCUT2D eigenvalue weighted by molar-refractivity contribution is 0.284. The molecule has 0 amide bonds. The molecule has 1 aromatic heterocycles. The third-order valence-electron chi connectivity index (χ3n) is 3.52. The van der Waals surface area contributed by atoms with Crippen molar-refractivity contribution in [2.75, 3.05) is 11.4 Å². The number of aliphatic hydroxyl groups excluding tert-OH is 1. The molecule has 2 saturated carbocycles. The lowest BCUT2D eigenvalue weighted by Crippen LogP contribution is -2.26. The second kappa shape index (κ2) is 4.58. The lowest BCUT2D eigenvalue weighted by Gasteiger charge is -2.20. The molecule has 0 unspecified atom stereocenters. The number of hydrogen-bond acceptors (Lipinski definition) is 4. The number of rotatable bonds is 6. The maximum absolute atomic E-state index is 9.43. The van der Waals surface area contributed by atoms with Gasteiger partial charge in [-0.1, -0.05) is 18.3 Å². The molecule has 94 valence electrons. The average Bonchev–Trinajstić information content (AvgIpc) is 3.23. The Bertz CT molecular complexity index is 396. The van der Waals surface area contributed by atoms with E-state index in [1.807, 2.05) is 0 Å². The van der Waals surface area contributed by atoms with Crippen molar-refractivity contribution in [3.05, 3.63) is 10.6 Å². The molecule has 2 aliphatic carbocycles. The normalized spacial score (nSPS) is 19.6. The first-order chi connectivity index (χ1) is 8.33. The lowest BCUT2D eigenvalue weighted by atomic mass is 10.2. The monoisotopic (exact) mass is 252 g/mol. The molecule has 3 rings (SSSR count). The van der Waals surface area contributed by atoms with Crippen molar-refractivity contribution >= 4 is 16.5 Å². The van der Waals surface area contributed by atoms with Gasteiger partial charge in [0.05, 0.1) is 17.2 Å². The topological polar surface area (TPSA) is 36.4 Å². The first-order valence-corrected chi connectivity index (χ1v) is 7.52. The minimum Gasteiger partial charge on any atom is -0.391 e. The predicted molar refractivity (Wildman–Crippen MR) is 70.7 cm³/mol. The molecule has 1 heterocycles. The maximum Gasteiger partial charge on any atom is 0.186 e. The summed E-state index contributed by atoms with van der Waals surface area (Å²) in [6, 6.07) is 0.722. The first kappa shape index (κ1) is 11.5. The third-order valence-corrected chi connectivity index (χ3v) is 4.61. The van der Waals surface area contributed by atoms with Gasteiger partial charge in [-0.2, -0.15) is 0 Å². The van der Waals surface area contributed by atoms with E-state index in [1.165, 1.54) is 37.8 Å². The number of aliphatic hydroxyl groups is 1. The van der Waals surface area contributed by atoms with E-state index in [0.717, 1.165) is 22.6 Å². The van der Waals surface area contributed by atoms with E-state index in [1.54, 1.807) is 11.3 Å². The van der Waals surface area contributed by atoms with Crippen LogP contribution in [0, 0.1) is 0 Å². The number of hydrogen-bond donors (Lipinski definition) is 1. The predicted octanol–water partition coefficient (Wildman–Crippen LogP) is 2.89. The third kappa shape index (κ3) is 2.33. The highest BCUT2D eigenvalue weighted by molar-refractivity contribution is 7.15. The molecule has 0 saturated heterocycles. The largest absolute Gasteiger partial charge is 0.391 e. The Morgan fingerprint density at radius 2 is 2.12 bits per heavy atom. The summed E-state index contributed by atoms with van der Waals surface area (Å²) in [7, 11) is 0. The summed E-state index contributed by atoms with van der Waals surface area (Å²) in [4.78, 5) is 8.36. The Kier molecular flexibility index (Phi) is 3.09. The minimum absolute atomic E-state index is 0.161. The summed E-state index contributed by atoms with van der Waals surface area (Å²) in [6.07, 6.45) is 6.31. The van der Waals surface area contributed by atoms with Crippen molar-refractivity contribution in [1.29, 1.82) is 0 Å². The van der Waals surface area contributed by atoms with Crippen LogP contribution in [0.4, 0.5) is 5.13 Å². The fraction of sp³-hybridized carbons (Fsp3) is 0.769. The standard InChI is InChI=1S/C13H20N2OS/c1-2-7-15(10-5-6-10)13-14-12(9-3-4-9)11(8-16)17-13/h9-10,16H,2-8H2,1H3. The van der Waals surface area contributed by atoms with E-state index < -0.39 is 0 Å². The summed E-state index contributed by atoms with van der Waals surface area (Å²) in [5.41, 5.74) is 1.19. The van der Waals surface area contributed by atoms with Crippen LogP contribution in [-0.2, 0) is 6.61 Å². The maximum atomic E-state index is 9.43. The van der Waals surface area contributed by atoms with E-state index in [9.17, 15) is 5.11 Å². The Hall–Kier alpha value is -0.610. The van der Waals surface area contributed by atoms with Crippen LogP contribution >= 0.6 is 11.3 Å². The quantitative estimate of drug-likeness (QED) is 0.845. The Morgan fingerprint density at radius 1 is 1.35 bits per heavy atom. The van der Waals surface area contributed by atoms with Crippen LogP contribution in [0.15, 0.2) is 0 Å². The summed E-state index contributed by atoms with van der Waals surface area (Å²) < 4.78 is 0. The van der Waals surface area contributed by atoms with E-state index in [4.69, 9.17) is 4.98 Å². The van der Waals surface area contributed by atoms with Crippen LogP contribution in [0.25, 0.3) is 0 Å². The number of nitrogens with zero attached hydrogens (tertiary/aromatic N) is 2. The zero-order valence-electron chi connectivity index (χ0n) is 10.4. The van der Waals surface area contributed by atoms with Gasteiger partial charge < -0.3 is 10.0 Å². The van der Waals surface area contributed by atoms with Crippen molar-refractivity contribution in [3.63, 3.8) is 0 Å². The molecular weight excluding hydrogens is 232 g/mol. The minimum atomic E-state index is 0.161. The van der Waals surface area contributed by atoms with Crippen LogP contribution in [0.1, 0.15) is 55.5 Å².